The molecular formula is C29H42N6O4. The first kappa shape index (κ1) is 27.6. The van der Waals surface area contributed by atoms with E-state index in [-0.39, 0.29) is 30.2 Å². The number of carbonyl (C=O) groups excluding carboxylic acids is 2. The highest BCUT2D eigenvalue weighted by atomic mass is 16.5. The summed E-state index contributed by atoms with van der Waals surface area (Å²) in [5.74, 6) is 0.719. The number of β-amino-alcohol motifs (C(OH)–C–C–N with tert-alkyl or cyclic N) is 1. The lowest BCUT2D eigenvalue weighted by Crippen LogP contribution is -2.52. The number of rotatable bonds is 8. The van der Waals surface area contributed by atoms with E-state index in [1.165, 1.54) is 0 Å². The Morgan fingerprint density at radius 1 is 1.23 bits per heavy atom. The zero-order valence-corrected chi connectivity index (χ0v) is 23.6. The summed E-state index contributed by atoms with van der Waals surface area (Å²) >= 11 is 0. The van der Waals surface area contributed by atoms with Crippen LogP contribution in [0.5, 0.6) is 5.75 Å². The molecule has 2 aromatic rings. The number of ether oxygens (including phenoxy) is 1. The van der Waals surface area contributed by atoms with Crippen LogP contribution in [0.15, 0.2) is 24.5 Å². The fourth-order valence-electron chi connectivity index (χ4n) is 6.28. The molecule has 1 aliphatic heterocycles. The van der Waals surface area contributed by atoms with Crippen LogP contribution in [0.3, 0.4) is 0 Å². The second kappa shape index (κ2) is 10.9. The van der Waals surface area contributed by atoms with E-state index in [0.29, 0.717) is 12.5 Å². The van der Waals surface area contributed by atoms with Gasteiger partial charge in [-0.2, -0.15) is 0 Å². The Bertz CT molecular complexity index is 1180. The SMILES string of the molecule is COc1ccnc(C2(CNC(=O)C3CC(O)CN3C(=O)[C@@H](n3cc(C4CC4)nn3)C(C)(C)C)CCCCC2)c1. The smallest absolute Gasteiger partial charge is 0.248 e. The van der Waals surface area contributed by atoms with E-state index < -0.39 is 23.6 Å². The van der Waals surface area contributed by atoms with Gasteiger partial charge in [0.2, 0.25) is 11.8 Å². The van der Waals surface area contributed by atoms with Gasteiger partial charge in [0.05, 0.1) is 24.6 Å². The molecule has 0 aromatic carbocycles. The van der Waals surface area contributed by atoms with Crippen molar-refractivity contribution in [3.8, 4) is 5.75 Å². The van der Waals surface area contributed by atoms with Crippen LogP contribution in [0.25, 0.3) is 0 Å². The first-order valence-corrected chi connectivity index (χ1v) is 14.3. The van der Waals surface area contributed by atoms with Gasteiger partial charge in [-0.3, -0.25) is 14.6 Å². The molecule has 2 aromatic heterocycles. The summed E-state index contributed by atoms with van der Waals surface area (Å²) in [5, 5.41) is 22.4. The van der Waals surface area contributed by atoms with Crippen molar-refractivity contribution in [2.75, 3.05) is 20.2 Å². The molecule has 3 atom stereocenters. The fourth-order valence-corrected chi connectivity index (χ4v) is 6.28. The summed E-state index contributed by atoms with van der Waals surface area (Å²) in [6.45, 7) is 6.52. The van der Waals surface area contributed by atoms with Crippen LogP contribution in [0.2, 0.25) is 0 Å². The van der Waals surface area contributed by atoms with E-state index in [0.717, 1.165) is 62.1 Å². The zero-order chi connectivity index (χ0) is 27.8. The molecule has 1 saturated heterocycles. The third-order valence-electron chi connectivity index (χ3n) is 8.63. The number of aliphatic hydroxyl groups is 1. The first-order chi connectivity index (χ1) is 18.6. The third kappa shape index (κ3) is 5.81. The highest BCUT2D eigenvalue weighted by Gasteiger charge is 2.46. The predicted octanol–water partition coefficient (Wildman–Crippen LogP) is 3.13. The van der Waals surface area contributed by atoms with E-state index >= 15 is 0 Å². The monoisotopic (exact) mass is 538 g/mol. The second-order valence-electron chi connectivity index (χ2n) is 12.7. The van der Waals surface area contributed by atoms with E-state index in [1.54, 1.807) is 22.9 Å². The Kier molecular flexibility index (Phi) is 7.68. The van der Waals surface area contributed by atoms with Gasteiger partial charge in [-0.25, -0.2) is 4.68 Å². The topological polar surface area (TPSA) is 122 Å². The molecule has 2 N–H and O–H groups in total. The maximum absolute atomic E-state index is 14.0. The number of hydrogen-bond donors (Lipinski definition) is 2. The highest BCUT2D eigenvalue weighted by Crippen LogP contribution is 2.41. The van der Waals surface area contributed by atoms with Crippen LogP contribution in [-0.2, 0) is 15.0 Å². The third-order valence-corrected chi connectivity index (χ3v) is 8.63. The number of likely N-dealkylation sites (tertiary alicyclic amines) is 1. The van der Waals surface area contributed by atoms with Crippen LogP contribution in [0.4, 0.5) is 0 Å². The van der Waals surface area contributed by atoms with Gasteiger partial charge in [0, 0.05) is 49.3 Å². The van der Waals surface area contributed by atoms with Crippen molar-refractivity contribution in [3.63, 3.8) is 0 Å². The fraction of sp³-hybridized carbons (Fsp3) is 0.690. The maximum atomic E-state index is 14.0. The lowest BCUT2D eigenvalue weighted by atomic mass is 9.71. The Morgan fingerprint density at radius 3 is 2.64 bits per heavy atom. The summed E-state index contributed by atoms with van der Waals surface area (Å²) in [6, 6.07) is 2.41. The molecule has 3 aliphatic rings. The Balaban J connectivity index is 1.34. The van der Waals surface area contributed by atoms with Gasteiger partial charge in [-0.1, -0.05) is 45.2 Å². The standard InChI is InChI=1S/C29H42N6O4/c1-28(2,3)25(35-17-22(32-33-35)19-8-9-19)27(38)34-16-20(36)14-23(34)26(37)31-18-29(11-6-5-7-12-29)24-15-21(39-4)10-13-30-24/h10,13,15,17,19-20,23,25,36H,5-9,11-12,14,16,18H2,1-4H3,(H,31,37)/t20?,23?,25-/m1/s1. The summed E-state index contributed by atoms with van der Waals surface area (Å²) in [6.07, 6.45) is 10.4. The van der Waals surface area contributed by atoms with Gasteiger partial charge in [0.1, 0.15) is 17.8 Å². The van der Waals surface area contributed by atoms with Gasteiger partial charge in [-0.15, -0.1) is 5.10 Å². The van der Waals surface area contributed by atoms with Crippen molar-refractivity contribution >= 4 is 11.8 Å². The number of nitrogens with zero attached hydrogens (tertiary/aromatic N) is 5. The molecule has 10 nitrogen and oxygen atoms in total. The van der Waals surface area contributed by atoms with Crippen molar-refractivity contribution in [2.24, 2.45) is 5.41 Å². The van der Waals surface area contributed by atoms with E-state index in [9.17, 15) is 14.7 Å². The molecule has 2 saturated carbocycles. The largest absolute Gasteiger partial charge is 0.497 e. The maximum Gasteiger partial charge on any atom is 0.248 e. The zero-order valence-electron chi connectivity index (χ0n) is 23.6. The van der Waals surface area contributed by atoms with Crippen LogP contribution >= 0.6 is 0 Å². The average Bonchev–Trinajstić information content (AvgIpc) is 3.53. The van der Waals surface area contributed by atoms with Crippen LogP contribution in [0.1, 0.15) is 95.5 Å². The number of aromatic nitrogens is 4. The van der Waals surface area contributed by atoms with Crippen LogP contribution in [0, 0.1) is 5.41 Å². The van der Waals surface area contributed by atoms with Crippen molar-refractivity contribution < 1.29 is 19.4 Å². The molecule has 2 aliphatic carbocycles. The molecule has 3 heterocycles. The summed E-state index contributed by atoms with van der Waals surface area (Å²) < 4.78 is 7.10. The summed E-state index contributed by atoms with van der Waals surface area (Å²) in [4.78, 5) is 33.9. The van der Waals surface area contributed by atoms with E-state index in [2.05, 4.69) is 20.6 Å². The molecule has 2 amide bonds. The summed E-state index contributed by atoms with van der Waals surface area (Å²) in [5.41, 5.74) is 1.08. The number of pyridine rings is 1. The van der Waals surface area contributed by atoms with Crippen molar-refractivity contribution in [3.05, 3.63) is 35.9 Å². The quantitative estimate of drug-likeness (QED) is 0.529. The highest BCUT2D eigenvalue weighted by molar-refractivity contribution is 5.90. The number of hydrogen-bond acceptors (Lipinski definition) is 7. The van der Waals surface area contributed by atoms with Crippen molar-refractivity contribution in [1.29, 1.82) is 0 Å². The van der Waals surface area contributed by atoms with Gasteiger partial charge in [-0.05, 0) is 37.2 Å². The normalized spacial score (nSPS) is 23.9. The number of carbonyl (C=O) groups is 2. The minimum Gasteiger partial charge on any atom is -0.497 e. The molecule has 3 fully saturated rings. The van der Waals surface area contributed by atoms with Crippen molar-refractivity contribution in [1.82, 2.24) is 30.2 Å². The summed E-state index contributed by atoms with van der Waals surface area (Å²) in [7, 11) is 1.64. The van der Waals surface area contributed by atoms with Crippen molar-refractivity contribution in [2.45, 2.75) is 102 Å². The average molecular weight is 539 g/mol. The van der Waals surface area contributed by atoms with Gasteiger partial charge in [0.15, 0.2) is 0 Å². The Labute approximate surface area is 230 Å². The molecule has 212 valence electrons. The number of aliphatic hydroxyl groups excluding tert-OH is 1. The van der Waals surface area contributed by atoms with Crippen LogP contribution in [-0.4, -0.2) is 74.1 Å². The van der Waals surface area contributed by atoms with E-state index in [1.807, 2.05) is 39.1 Å². The van der Waals surface area contributed by atoms with Gasteiger partial charge in [0.25, 0.3) is 0 Å². The molecule has 5 rings (SSSR count). The molecule has 2 unspecified atom stereocenters. The lowest BCUT2D eigenvalue weighted by molar-refractivity contribution is -0.144. The molecular weight excluding hydrogens is 496 g/mol. The molecule has 0 radical (unpaired) electrons. The Hall–Kier alpha value is -3.01. The molecule has 0 bridgehead atoms. The number of nitrogens with one attached hydrogen (secondary N) is 1. The first-order valence-electron chi connectivity index (χ1n) is 14.3. The molecule has 10 heteroatoms. The molecule has 0 spiro atoms. The van der Waals surface area contributed by atoms with Gasteiger partial charge < -0.3 is 20.1 Å². The minimum absolute atomic E-state index is 0.121. The lowest BCUT2D eigenvalue weighted by Gasteiger charge is -2.38. The molecule has 39 heavy (non-hydrogen) atoms. The Morgan fingerprint density at radius 2 is 1.97 bits per heavy atom. The predicted molar refractivity (Wildman–Crippen MR) is 145 cm³/mol. The van der Waals surface area contributed by atoms with Crippen LogP contribution < -0.4 is 10.1 Å². The van der Waals surface area contributed by atoms with E-state index in [4.69, 9.17) is 4.74 Å². The minimum atomic E-state index is -0.758. The number of amides is 2. The number of methoxy groups -OCH3 is 1. The van der Waals surface area contributed by atoms with Gasteiger partial charge >= 0.3 is 0 Å². The second-order valence-corrected chi connectivity index (χ2v) is 12.7.